The second-order valence-electron chi connectivity index (χ2n) is 9.26. The lowest BCUT2D eigenvalue weighted by molar-refractivity contribution is -0.137. The number of hydrogen-bond acceptors (Lipinski definition) is 1. The van der Waals surface area contributed by atoms with Crippen LogP contribution in [0.1, 0.15) is 161 Å². The Bertz CT molecular complexity index is 362. The summed E-state index contributed by atoms with van der Waals surface area (Å²) in [5.74, 6) is -0.651. The van der Waals surface area contributed by atoms with Crippen LogP contribution in [0, 0.1) is 0 Å². The largest absolute Gasteiger partial charge is 0.481 e. The molecule has 0 aliphatic heterocycles. The second-order valence-corrected chi connectivity index (χ2v) is 9.26. The molecule has 0 amide bonds. The SMILES string of the molecule is CCCCC=CCCCCCCCCCCCCCCCCCCCCCC(=O)O. The molecule has 30 heavy (non-hydrogen) atoms. The van der Waals surface area contributed by atoms with Crippen molar-refractivity contribution in [2.24, 2.45) is 0 Å². The summed E-state index contributed by atoms with van der Waals surface area (Å²) in [5, 5.41) is 8.59. The highest BCUT2D eigenvalue weighted by molar-refractivity contribution is 5.66. The predicted octanol–water partition coefficient (Wildman–Crippen LogP) is 10.0. The third kappa shape index (κ3) is 27.2. The van der Waals surface area contributed by atoms with Crippen molar-refractivity contribution < 1.29 is 9.90 Å². The monoisotopic (exact) mass is 422 g/mol. The average Bonchev–Trinajstić information content (AvgIpc) is 2.73. The van der Waals surface area contributed by atoms with Crippen molar-refractivity contribution in [3.05, 3.63) is 12.2 Å². The summed E-state index contributed by atoms with van der Waals surface area (Å²) in [5.41, 5.74) is 0. The highest BCUT2D eigenvalue weighted by Crippen LogP contribution is 2.15. The highest BCUT2D eigenvalue weighted by atomic mass is 16.4. The van der Waals surface area contributed by atoms with E-state index in [9.17, 15) is 4.79 Å². The Hall–Kier alpha value is -0.790. The van der Waals surface area contributed by atoms with E-state index in [4.69, 9.17) is 5.11 Å². The Labute approximate surface area is 189 Å². The number of carbonyl (C=O) groups is 1. The van der Waals surface area contributed by atoms with Gasteiger partial charge in [-0.05, 0) is 25.7 Å². The third-order valence-corrected chi connectivity index (χ3v) is 6.15. The molecule has 0 aromatic carbocycles. The molecule has 0 bridgehead atoms. The van der Waals surface area contributed by atoms with E-state index in [1.54, 1.807) is 0 Å². The summed E-state index contributed by atoms with van der Waals surface area (Å²) in [7, 11) is 0. The van der Waals surface area contributed by atoms with E-state index in [2.05, 4.69) is 19.1 Å². The van der Waals surface area contributed by atoms with Crippen molar-refractivity contribution in [1.82, 2.24) is 0 Å². The maximum absolute atomic E-state index is 10.4. The van der Waals surface area contributed by atoms with Crippen molar-refractivity contribution in [2.45, 2.75) is 161 Å². The van der Waals surface area contributed by atoms with Crippen LogP contribution in [0.5, 0.6) is 0 Å². The molecule has 0 unspecified atom stereocenters. The first kappa shape index (κ1) is 29.2. The van der Waals surface area contributed by atoms with Gasteiger partial charge in [0.2, 0.25) is 0 Å². The fourth-order valence-corrected chi connectivity index (χ4v) is 4.10. The van der Waals surface area contributed by atoms with Crippen LogP contribution in [0.15, 0.2) is 12.2 Å². The standard InChI is InChI=1S/C28H54O2/c1-2-3-4-5-6-7-8-9-10-11-12-13-14-15-16-17-18-19-20-21-22-23-24-25-26-27-28(29)30/h5-6H,2-4,7-27H2,1H3,(H,29,30). The van der Waals surface area contributed by atoms with E-state index in [-0.39, 0.29) is 0 Å². The number of hydrogen-bond donors (Lipinski definition) is 1. The molecule has 0 aromatic heterocycles. The Balaban J connectivity index is 3.03. The third-order valence-electron chi connectivity index (χ3n) is 6.15. The molecule has 0 radical (unpaired) electrons. The van der Waals surface area contributed by atoms with Gasteiger partial charge in [0, 0.05) is 6.42 Å². The van der Waals surface area contributed by atoms with Crippen LogP contribution in [0.2, 0.25) is 0 Å². The fourth-order valence-electron chi connectivity index (χ4n) is 4.10. The van der Waals surface area contributed by atoms with Gasteiger partial charge in [0.05, 0.1) is 0 Å². The normalized spacial score (nSPS) is 11.5. The zero-order valence-electron chi connectivity index (χ0n) is 20.5. The summed E-state index contributed by atoms with van der Waals surface area (Å²) in [4.78, 5) is 10.4. The van der Waals surface area contributed by atoms with Crippen molar-refractivity contribution in [3.63, 3.8) is 0 Å². The van der Waals surface area contributed by atoms with E-state index in [0.717, 1.165) is 12.8 Å². The van der Waals surface area contributed by atoms with Crippen LogP contribution in [0.25, 0.3) is 0 Å². The summed E-state index contributed by atoms with van der Waals surface area (Å²) in [6.07, 6.45) is 36.0. The van der Waals surface area contributed by atoms with Crippen LogP contribution < -0.4 is 0 Å². The molecule has 0 spiro atoms. The lowest BCUT2D eigenvalue weighted by Gasteiger charge is -2.04. The van der Waals surface area contributed by atoms with Crippen LogP contribution in [0.4, 0.5) is 0 Å². The van der Waals surface area contributed by atoms with Crippen molar-refractivity contribution in [1.29, 1.82) is 0 Å². The number of carboxylic acid groups (broad SMARTS) is 1. The molecule has 0 saturated heterocycles. The molecule has 0 aliphatic carbocycles. The second kappa shape index (κ2) is 26.2. The zero-order valence-corrected chi connectivity index (χ0v) is 20.5. The first-order chi connectivity index (χ1) is 14.8. The van der Waals surface area contributed by atoms with Gasteiger partial charge in [0.15, 0.2) is 0 Å². The average molecular weight is 423 g/mol. The van der Waals surface area contributed by atoms with Crippen molar-refractivity contribution >= 4 is 5.97 Å². The van der Waals surface area contributed by atoms with Gasteiger partial charge in [-0.25, -0.2) is 0 Å². The first-order valence-electron chi connectivity index (χ1n) is 13.6. The minimum absolute atomic E-state index is 0.345. The van der Waals surface area contributed by atoms with Gasteiger partial charge in [-0.3, -0.25) is 4.79 Å². The van der Waals surface area contributed by atoms with Crippen molar-refractivity contribution in [3.8, 4) is 0 Å². The Morgan fingerprint density at radius 1 is 0.500 bits per heavy atom. The summed E-state index contributed by atoms with van der Waals surface area (Å²) in [6.45, 7) is 2.26. The number of carboxylic acids is 1. The van der Waals surface area contributed by atoms with E-state index >= 15 is 0 Å². The lowest BCUT2D eigenvalue weighted by atomic mass is 10.0. The van der Waals surface area contributed by atoms with E-state index < -0.39 is 5.97 Å². The molecule has 0 atom stereocenters. The minimum Gasteiger partial charge on any atom is -0.481 e. The van der Waals surface area contributed by atoms with Gasteiger partial charge < -0.3 is 5.11 Å². The molecule has 0 saturated carbocycles. The molecule has 0 rings (SSSR count). The Morgan fingerprint density at radius 2 is 0.800 bits per heavy atom. The van der Waals surface area contributed by atoms with Gasteiger partial charge in [-0.1, -0.05) is 141 Å². The zero-order chi connectivity index (χ0) is 22.0. The number of allylic oxidation sites excluding steroid dienone is 2. The maximum atomic E-state index is 10.4. The summed E-state index contributed by atoms with van der Waals surface area (Å²) >= 11 is 0. The van der Waals surface area contributed by atoms with E-state index in [1.807, 2.05) is 0 Å². The van der Waals surface area contributed by atoms with E-state index in [1.165, 1.54) is 135 Å². The number of aliphatic carboxylic acids is 1. The van der Waals surface area contributed by atoms with Gasteiger partial charge in [-0.15, -0.1) is 0 Å². The Kier molecular flexibility index (Phi) is 25.6. The topological polar surface area (TPSA) is 37.3 Å². The summed E-state index contributed by atoms with van der Waals surface area (Å²) < 4.78 is 0. The summed E-state index contributed by atoms with van der Waals surface area (Å²) in [6, 6.07) is 0. The Morgan fingerprint density at radius 3 is 1.13 bits per heavy atom. The molecule has 0 aliphatic rings. The van der Waals surface area contributed by atoms with Gasteiger partial charge >= 0.3 is 5.97 Å². The lowest BCUT2D eigenvalue weighted by Crippen LogP contribution is -1.93. The molecule has 0 fully saturated rings. The van der Waals surface area contributed by atoms with Crippen LogP contribution in [-0.4, -0.2) is 11.1 Å². The minimum atomic E-state index is -0.651. The smallest absolute Gasteiger partial charge is 0.303 e. The quantitative estimate of drug-likeness (QED) is 0.117. The van der Waals surface area contributed by atoms with Gasteiger partial charge in [0.1, 0.15) is 0 Å². The molecular weight excluding hydrogens is 368 g/mol. The molecule has 2 nitrogen and oxygen atoms in total. The van der Waals surface area contributed by atoms with Crippen molar-refractivity contribution in [2.75, 3.05) is 0 Å². The molecule has 2 heteroatoms. The van der Waals surface area contributed by atoms with Gasteiger partial charge in [0.25, 0.3) is 0 Å². The van der Waals surface area contributed by atoms with Crippen LogP contribution in [-0.2, 0) is 4.79 Å². The molecular formula is C28H54O2. The van der Waals surface area contributed by atoms with E-state index in [0.29, 0.717) is 6.42 Å². The number of unbranched alkanes of at least 4 members (excludes halogenated alkanes) is 21. The number of rotatable bonds is 25. The predicted molar refractivity (Wildman–Crippen MR) is 133 cm³/mol. The first-order valence-corrected chi connectivity index (χ1v) is 13.6. The molecule has 0 heterocycles. The van der Waals surface area contributed by atoms with Gasteiger partial charge in [-0.2, -0.15) is 0 Å². The highest BCUT2D eigenvalue weighted by Gasteiger charge is 1.97. The van der Waals surface area contributed by atoms with Crippen LogP contribution in [0.3, 0.4) is 0 Å². The molecule has 178 valence electrons. The molecule has 1 N–H and O–H groups in total. The maximum Gasteiger partial charge on any atom is 0.303 e. The van der Waals surface area contributed by atoms with Crippen LogP contribution >= 0.6 is 0 Å². The fraction of sp³-hybridized carbons (Fsp3) is 0.893. The molecule has 0 aromatic rings.